The zero-order valence-electron chi connectivity index (χ0n) is 13.2. The molecule has 0 spiro atoms. The zero-order valence-corrected chi connectivity index (χ0v) is 14.1. The van der Waals surface area contributed by atoms with Gasteiger partial charge in [-0.05, 0) is 22.4 Å². The predicted molar refractivity (Wildman–Crippen MR) is 94.3 cm³/mol. The van der Waals surface area contributed by atoms with Crippen LogP contribution in [0.2, 0.25) is 0 Å². The number of anilines is 1. The number of carbonyl (C=O) groups excluding carboxylic acids is 1. The number of thiophene rings is 1. The molecule has 8 nitrogen and oxygen atoms in total. The Balaban J connectivity index is 1.57. The van der Waals surface area contributed by atoms with E-state index in [0.717, 1.165) is 0 Å². The molecule has 1 saturated heterocycles. The Bertz CT molecular complexity index is 929. The summed E-state index contributed by atoms with van der Waals surface area (Å²) in [7, 11) is 0. The first-order chi connectivity index (χ1) is 12.1. The minimum atomic E-state index is -0.404. The lowest BCUT2D eigenvalue weighted by molar-refractivity contribution is -0.389. The molecule has 0 saturated carbocycles. The van der Waals surface area contributed by atoms with Gasteiger partial charge in [0.2, 0.25) is 11.5 Å². The highest BCUT2D eigenvalue weighted by atomic mass is 32.1. The Morgan fingerprint density at radius 2 is 1.96 bits per heavy atom. The summed E-state index contributed by atoms with van der Waals surface area (Å²) in [6, 6.07) is 8.95. The average molecular weight is 357 g/mol. The fourth-order valence-electron chi connectivity index (χ4n) is 3.03. The molecule has 0 aromatic carbocycles. The summed E-state index contributed by atoms with van der Waals surface area (Å²) in [5.74, 6) is 0.340. The van der Waals surface area contributed by atoms with E-state index in [2.05, 4.69) is 4.98 Å². The maximum atomic E-state index is 12.4. The van der Waals surface area contributed by atoms with Crippen LogP contribution >= 0.6 is 11.3 Å². The molecule has 0 aliphatic carbocycles. The molecular weight excluding hydrogens is 342 g/mol. The number of hydrogen-bond donors (Lipinski definition) is 0. The quantitative estimate of drug-likeness (QED) is 0.530. The molecule has 3 aromatic rings. The minimum Gasteiger partial charge on any atom is -0.358 e. The van der Waals surface area contributed by atoms with E-state index < -0.39 is 4.92 Å². The summed E-state index contributed by atoms with van der Waals surface area (Å²) in [5.41, 5.74) is 0.543. The van der Waals surface area contributed by atoms with Crippen molar-refractivity contribution in [1.82, 2.24) is 14.3 Å². The van der Waals surface area contributed by atoms with Crippen molar-refractivity contribution in [2.45, 2.75) is 0 Å². The van der Waals surface area contributed by atoms with Gasteiger partial charge in [-0.3, -0.25) is 4.79 Å². The SMILES string of the molecule is O=C(c1cccs1)N1CCN(c2nc3ccccn3c2[N+](=O)[O-])CC1. The Morgan fingerprint density at radius 3 is 2.64 bits per heavy atom. The molecule has 1 amide bonds. The van der Waals surface area contributed by atoms with Gasteiger partial charge in [-0.15, -0.1) is 11.3 Å². The van der Waals surface area contributed by atoms with Crippen LogP contribution in [0, 0.1) is 10.1 Å². The third kappa shape index (κ3) is 2.72. The Kier molecular flexibility index (Phi) is 3.85. The molecule has 9 heteroatoms. The summed E-state index contributed by atoms with van der Waals surface area (Å²) in [5, 5.41) is 13.4. The van der Waals surface area contributed by atoms with E-state index in [1.807, 2.05) is 22.4 Å². The first-order valence-corrected chi connectivity index (χ1v) is 8.72. The molecule has 0 unspecified atom stereocenters. The second-order valence-corrected chi connectivity index (χ2v) is 6.65. The summed E-state index contributed by atoms with van der Waals surface area (Å²) < 4.78 is 1.48. The van der Waals surface area contributed by atoms with Gasteiger partial charge >= 0.3 is 5.82 Å². The topological polar surface area (TPSA) is 84.0 Å². The average Bonchev–Trinajstić information content (AvgIpc) is 3.28. The van der Waals surface area contributed by atoms with Gasteiger partial charge in [0.25, 0.3) is 5.91 Å². The first kappa shape index (κ1) is 15.6. The summed E-state index contributed by atoms with van der Waals surface area (Å²) in [6.45, 7) is 2.06. The monoisotopic (exact) mass is 357 g/mol. The molecule has 4 heterocycles. The number of nitrogens with zero attached hydrogens (tertiary/aromatic N) is 5. The normalized spacial score (nSPS) is 14.9. The van der Waals surface area contributed by atoms with Gasteiger partial charge in [-0.2, -0.15) is 9.38 Å². The van der Waals surface area contributed by atoms with Crippen LogP contribution in [0.3, 0.4) is 0 Å². The number of nitro groups is 1. The third-order valence-electron chi connectivity index (χ3n) is 4.26. The minimum absolute atomic E-state index is 0.0131. The van der Waals surface area contributed by atoms with Crippen LogP contribution < -0.4 is 4.90 Å². The molecule has 25 heavy (non-hydrogen) atoms. The highest BCUT2D eigenvalue weighted by molar-refractivity contribution is 7.12. The number of aromatic nitrogens is 2. The number of carbonyl (C=O) groups is 1. The Morgan fingerprint density at radius 1 is 1.16 bits per heavy atom. The Hall–Kier alpha value is -2.94. The smallest absolute Gasteiger partial charge is 0.358 e. The van der Waals surface area contributed by atoms with E-state index in [0.29, 0.717) is 42.5 Å². The molecule has 3 aromatic heterocycles. The standard InChI is InChI=1S/C16H15N5O3S/c22-16(12-4-3-11-25-12)19-9-7-18(8-10-19)14-15(21(23)24)20-6-2-1-5-13(20)17-14/h1-6,11H,7-10H2. The number of hydrogen-bond acceptors (Lipinski definition) is 6. The molecule has 128 valence electrons. The molecule has 4 rings (SSSR count). The summed E-state index contributed by atoms with van der Waals surface area (Å²) >= 11 is 1.42. The van der Waals surface area contributed by atoms with E-state index in [4.69, 9.17) is 0 Å². The molecule has 0 bridgehead atoms. The summed E-state index contributed by atoms with van der Waals surface area (Å²) in [6.07, 6.45) is 1.64. The number of imidazole rings is 1. The van der Waals surface area contributed by atoms with E-state index in [1.54, 1.807) is 29.3 Å². The lowest BCUT2D eigenvalue weighted by Gasteiger charge is -2.34. The van der Waals surface area contributed by atoms with Gasteiger partial charge in [0.1, 0.15) is 0 Å². The number of piperazine rings is 1. The van der Waals surface area contributed by atoms with Crippen LogP contribution in [-0.2, 0) is 0 Å². The van der Waals surface area contributed by atoms with Crippen molar-refractivity contribution in [3.8, 4) is 0 Å². The van der Waals surface area contributed by atoms with Crippen molar-refractivity contribution >= 4 is 34.5 Å². The van der Waals surface area contributed by atoms with E-state index >= 15 is 0 Å². The van der Waals surface area contributed by atoms with Gasteiger partial charge in [-0.1, -0.05) is 12.1 Å². The van der Waals surface area contributed by atoms with E-state index in [-0.39, 0.29) is 11.7 Å². The number of rotatable bonds is 3. The second kappa shape index (κ2) is 6.17. The van der Waals surface area contributed by atoms with Crippen molar-refractivity contribution in [1.29, 1.82) is 0 Å². The lowest BCUT2D eigenvalue weighted by atomic mass is 10.3. The van der Waals surface area contributed by atoms with Gasteiger partial charge in [0.15, 0.2) is 0 Å². The van der Waals surface area contributed by atoms with Crippen molar-refractivity contribution in [3.05, 3.63) is 56.9 Å². The van der Waals surface area contributed by atoms with Gasteiger partial charge in [0.05, 0.1) is 11.1 Å². The second-order valence-electron chi connectivity index (χ2n) is 5.70. The van der Waals surface area contributed by atoms with Crippen LogP contribution in [0.25, 0.3) is 5.65 Å². The largest absolute Gasteiger partial charge is 0.372 e. The number of amides is 1. The fourth-order valence-corrected chi connectivity index (χ4v) is 3.72. The van der Waals surface area contributed by atoms with Crippen molar-refractivity contribution < 1.29 is 9.72 Å². The number of fused-ring (bicyclic) bond motifs is 1. The van der Waals surface area contributed by atoms with Crippen LogP contribution in [0.5, 0.6) is 0 Å². The lowest BCUT2D eigenvalue weighted by Crippen LogP contribution is -2.48. The van der Waals surface area contributed by atoms with Crippen molar-refractivity contribution in [2.24, 2.45) is 0 Å². The van der Waals surface area contributed by atoms with Gasteiger partial charge in [-0.25, -0.2) is 0 Å². The maximum absolute atomic E-state index is 12.4. The molecule has 1 aliphatic heterocycles. The molecule has 0 N–H and O–H groups in total. The highest BCUT2D eigenvalue weighted by Gasteiger charge is 2.30. The molecule has 1 fully saturated rings. The first-order valence-electron chi connectivity index (χ1n) is 7.84. The molecular formula is C16H15N5O3S. The van der Waals surface area contributed by atoms with Gasteiger partial charge in [0, 0.05) is 32.2 Å². The third-order valence-corrected chi connectivity index (χ3v) is 5.12. The van der Waals surface area contributed by atoms with E-state index in [1.165, 1.54) is 15.7 Å². The van der Waals surface area contributed by atoms with Crippen LogP contribution in [-0.4, -0.2) is 51.3 Å². The van der Waals surface area contributed by atoms with Crippen LogP contribution in [0.15, 0.2) is 41.9 Å². The van der Waals surface area contributed by atoms with Crippen molar-refractivity contribution in [3.63, 3.8) is 0 Å². The van der Waals surface area contributed by atoms with E-state index in [9.17, 15) is 14.9 Å². The summed E-state index contributed by atoms with van der Waals surface area (Å²) in [4.78, 5) is 32.3. The molecule has 0 atom stereocenters. The predicted octanol–water partition coefficient (Wildman–Crippen LogP) is 2.27. The van der Waals surface area contributed by atoms with Gasteiger partial charge < -0.3 is 19.9 Å². The molecule has 1 aliphatic rings. The maximum Gasteiger partial charge on any atom is 0.372 e. The molecule has 0 radical (unpaired) electrons. The van der Waals surface area contributed by atoms with Crippen LogP contribution in [0.4, 0.5) is 11.6 Å². The highest BCUT2D eigenvalue weighted by Crippen LogP contribution is 2.29. The zero-order chi connectivity index (χ0) is 17.4. The number of pyridine rings is 1. The van der Waals surface area contributed by atoms with Crippen LogP contribution in [0.1, 0.15) is 9.67 Å². The fraction of sp³-hybridized carbons (Fsp3) is 0.250. The van der Waals surface area contributed by atoms with Crippen molar-refractivity contribution in [2.75, 3.05) is 31.1 Å². The Labute approximate surface area is 147 Å².